The van der Waals surface area contributed by atoms with Gasteiger partial charge in [-0.3, -0.25) is 9.59 Å². The van der Waals surface area contributed by atoms with Crippen LogP contribution in [0.3, 0.4) is 0 Å². The second-order valence-corrected chi connectivity index (χ2v) is 5.53. The van der Waals surface area contributed by atoms with E-state index in [1.165, 1.54) is 0 Å². The zero-order valence-corrected chi connectivity index (χ0v) is 13.6. The van der Waals surface area contributed by atoms with Crippen molar-refractivity contribution in [3.63, 3.8) is 0 Å². The average molecular weight is 302 g/mol. The number of carbonyl (C=O) groups excluding carboxylic acids is 2. The largest absolute Gasteiger partial charge is 0.465 e. The van der Waals surface area contributed by atoms with Crippen LogP contribution in [0.1, 0.15) is 37.5 Å². The lowest BCUT2D eigenvalue weighted by atomic mass is 9.72. The number of carbonyl (C=O) groups is 2. The van der Waals surface area contributed by atoms with Crippen molar-refractivity contribution in [3.8, 4) is 0 Å². The first-order valence-corrected chi connectivity index (χ1v) is 7.59. The number of esters is 2. The van der Waals surface area contributed by atoms with E-state index in [4.69, 9.17) is 9.47 Å². The van der Waals surface area contributed by atoms with E-state index >= 15 is 0 Å². The standard InChI is InChI=1S/C18H22O4/c1-5-21-16(19)18(17(20)22-6-2)10-13(4)15-12(3)8-7-9-14(15)11-18/h7-10H,5-6,11H2,1-4H3. The summed E-state index contributed by atoms with van der Waals surface area (Å²) < 4.78 is 10.3. The highest BCUT2D eigenvalue weighted by molar-refractivity contribution is 6.05. The predicted octanol–water partition coefficient (Wildman–Crippen LogP) is 3.07. The van der Waals surface area contributed by atoms with E-state index < -0.39 is 17.4 Å². The summed E-state index contributed by atoms with van der Waals surface area (Å²) in [6, 6.07) is 5.91. The van der Waals surface area contributed by atoms with E-state index in [1.807, 2.05) is 32.0 Å². The molecule has 0 amide bonds. The van der Waals surface area contributed by atoms with Crippen molar-refractivity contribution in [3.05, 3.63) is 41.0 Å². The first-order valence-electron chi connectivity index (χ1n) is 7.59. The molecular formula is C18H22O4. The molecule has 2 rings (SSSR count). The van der Waals surface area contributed by atoms with Crippen LogP contribution in [0.15, 0.2) is 24.3 Å². The predicted molar refractivity (Wildman–Crippen MR) is 84.2 cm³/mol. The summed E-state index contributed by atoms with van der Waals surface area (Å²) in [5.74, 6) is -1.08. The molecule has 0 fully saturated rings. The SMILES string of the molecule is CCOC(=O)C1(C(=O)OCC)C=C(C)c2c(C)cccc2C1. The number of ether oxygens (including phenoxy) is 2. The van der Waals surface area contributed by atoms with Crippen LogP contribution in [0.4, 0.5) is 0 Å². The van der Waals surface area contributed by atoms with Crippen LogP contribution in [-0.2, 0) is 25.5 Å². The highest BCUT2D eigenvalue weighted by atomic mass is 16.6. The summed E-state index contributed by atoms with van der Waals surface area (Å²) in [7, 11) is 0. The van der Waals surface area contributed by atoms with Crippen molar-refractivity contribution in [1.29, 1.82) is 0 Å². The van der Waals surface area contributed by atoms with Crippen molar-refractivity contribution in [2.45, 2.75) is 34.1 Å². The van der Waals surface area contributed by atoms with Crippen LogP contribution >= 0.6 is 0 Å². The highest BCUT2D eigenvalue weighted by Gasteiger charge is 2.49. The first kappa shape index (κ1) is 16.3. The Bertz CT molecular complexity index is 610. The Morgan fingerprint density at radius 1 is 1.09 bits per heavy atom. The van der Waals surface area contributed by atoms with Crippen molar-refractivity contribution < 1.29 is 19.1 Å². The molecule has 0 saturated heterocycles. The van der Waals surface area contributed by atoms with Crippen molar-refractivity contribution in [2.24, 2.45) is 5.41 Å². The molecule has 0 aromatic heterocycles. The van der Waals surface area contributed by atoms with Gasteiger partial charge in [0.15, 0.2) is 5.41 Å². The molecule has 0 atom stereocenters. The first-order chi connectivity index (χ1) is 10.5. The molecule has 1 aliphatic rings. The monoisotopic (exact) mass is 302 g/mol. The molecule has 4 nitrogen and oxygen atoms in total. The van der Waals surface area contributed by atoms with Gasteiger partial charge < -0.3 is 9.47 Å². The smallest absolute Gasteiger partial charge is 0.327 e. The zero-order valence-electron chi connectivity index (χ0n) is 13.6. The van der Waals surface area contributed by atoms with Gasteiger partial charge in [0.2, 0.25) is 0 Å². The molecule has 0 aliphatic heterocycles. The number of benzene rings is 1. The normalized spacial score (nSPS) is 15.5. The lowest BCUT2D eigenvalue weighted by molar-refractivity contribution is -0.168. The quantitative estimate of drug-likeness (QED) is 0.633. The third kappa shape index (κ3) is 2.65. The molecule has 0 spiro atoms. The van der Waals surface area contributed by atoms with Gasteiger partial charge in [0, 0.05) is 6.42 Å². The van der Waals surface area contributed by atoms with Crippen LogP contribution in [0, 0.1) is 12.3 Å². The fourth-order valence-electron chi connectivity index (χ4n) is 3.10. The molecular weight excluding hydrogens is 280 g/mol. The minimum Gasteiger partial charge on any atom is -0.465 e. The minimum absolute atomic E-state index is 0.230. The molecule has 1 aromatic rings. The van der Waals surface area contributed by atoms with Gasteiger partial charge in [0.25, 0.3) is 0 Å². The maximum Gasteiger partial charge on any atom is 0.327 e. The molecule has 0 N–H and O–H groups in total. The van der Waals surface area contributed by atoms with Crippen LogP contribution < -0.4 is 0 Å². The van der Waals surface area contributed by atoms with Crippen LogP contribution in [0.2, 0.25) is 0 Å². The number of rotatable bonds is 4. The minimum atomic E-state index is -1.38. The molecule has 4 heteroatoms. The average Bonchev–Trinajstić information content (AvgIpc) is 2.47. The summed E-state index contributed by atoms with van der Waals surface area (Å²) >= 11 is 0. The van der Waals surface area contributed by atoms with E-state index in [2.05, 4.69) is 0 Å². The van der Waals surface area contributed by atoms with Gasteiger partial charge in [-0.25, -0.2) is 0 Å². The molecule has 0 unspecified atom stereocenters. The topological polar surface area (TPSA) is 52.6 Å². The van der Waals surface area contributed by atoms with E-state index in [0.717, 1.165) is 22.3 Å². The number of hydrogen-bond donors (Lipinski definition) is 0. The number of aryl methyl sites for hydroxylation is 1. The molecule has 0 saturated carbocycles. The van der Waals surface area contributed by atoms with Crippen LogP contribution in [0.5, 0.6) is 0 Å². The van der Waals surface area contributed by atoms with Crippen molar-refractivity contribution in [1.82, 2.24) is 0 Å². The molecule has 1 aromatic carbocycles. The van der Waals surface area contributed by atoms with Gasteiger partial charge >= 0.3 is 11.9 Å². The van der Waals surface area contributed by atoms with Gasteiger partial charge in [0.1, 0.15) is 0 Å². The van der Waals surface area contributed by atoms with Gasteiger partial charge in [-0.1, -0.05) is 24.3 Å². The fraction of sp³-hybridized carbons (Fsp3) is 0.444. The summed E-state index contributed by atoms with van der Waals surface area (Å²) in [6.07, 6.45) is 1.98. The molecule has 0 bridgehead atoms. The van der Waals surface area contributed by atoms with Crippen molar-refractivity contribution >= 4 is 17.5 Å². The second kappa shape index (κ2) is 6.34. The fourth-order valence-corrected chi connectivity index (χ4v) is 3.10. The summed E-state index contributed by atoms with van der Waals surface area (Å²) in [4.78, 5) is 25.0. The third-order valence-electron chi connectivity index (χ3n) is 3.96. The van der Waals surface area contributed by atoms with Crippen LogP contribution in [0.25, 0.3) is 5.57 Å². The Labute approximate surface area is 131 Å². The Balaban J connectivity index is 2.56. The van der Waals surface area contributed by atoms with E-state index in [9.17, 15) is 9.59 Å². The maximum atomic E-state index is 12.5. The van der Waals surface area contributed by atoms with Gasteiger partial charge in [0.05, 0.1) is 13.2 Å². The lowest BCUT2D eigenvalue weighted by Gasteiger charge is -2.32. The highest BCUT2D eigenvalue weighted by Crippen LogP contribution is 2.40. The zero-order chi connectivity index (χ0) is 16.3. The molecule has 118 valence electrons. The van der Waals surface area contributed by atoms with E-state index in [1.54, 1.807) is 19.9 Å². The third-order valence-corrected chi connectivity index (χ3v) is 3.96. The lowest BCUT2D eigenvalue weighted by Crippen LogP contribution is -2.44. The summed E-state index contributed by atoms with van der Waals surface area (Å²) in [5.41, 5.74) is 2.73. The van der Waals surface area contributed by atoms with Crippen LogP contribution in [-0.4, -0.2) is 25.2 Å². The van der Waals surface area contributed by atoms with Gasteiger partial charge in [-0.05, 0) is 50.0 Å². The molecule has 0 radical (unpaired) electrons. The molecule has 22 heavy (non-hydrogen) atoms. The Morgan fingerprint density at radius 3 is 2.23 bits per heavy atom. The Morgan fingerprint density at radius 2 is 1.68 bits per heavy atom. The number of fused-ring (bicyclic) bond motifs is 1. The molecule has 1 aliphatic carbocycles. The van der Waals surface area contributed by atoms with Gasteiger partial charge in [-0.15, -0.1) is 0 Å². The Hall–Kier alpha value is -2.10. The van der Waals surface area contributed by atoms with E-state index in [-0.39, 0.29) is 19.6 Å². The van der Waals surface area contributed by atoms with E-state index in [0.29, 0.717) is 0 Å². The summed E-state index contributed by atoms with van der Waals surface area (Å²) in [6.45, 7) is 7.86. The Kier molecular flexibility index (Phi) is 4.69. The second-order valence-electron chi connectivity index (χ2n) is 5.53. The summed E-state index contributed by atoms with van der Waals surface area (Å²) in [5, 5.41) is 0. The maximum absolute atomic E-state index is 12.5. The van der Waals surface area contributed by atoms with Gasteiger partial charge in [-0.2, -0.15) is 0 Å². The van der Waals surface area contributed by atoms with Crippen molar-refractivity contribution in [2.75, 3.05) is 13.2 Å². The number of hydrogen-bond acceptors (Lipinski definition) is 4. The molecule has 0 heterocycles. The number of allylic oxidation sites excluding steroid dienone is 1.